The molecule has 1 aliphatic rings. The van der Waals surface area contributed by atoms with Gasteiger partial charge in [-0.05, 0) is 64.2 Å². The molecule has 0 radical (unpaired) electrons. The number of piperidine rings is 1. The van der Waals surface area contributed by atoms with Gasteiger partial charge in [0.1, 0.15) is 0 Å². The van der Waals surface area contributed by atoms with Gasteiger partial charge in [0.05, 0.1) is 19.7 Å². The van der Waals surface area contributed by atoms with Crippen LogP contribution in [0.3, 0.4) is 0 Å². The van der Waals surface area contributed by atoms with Gasteiger partial charge in [-0.3, -0.25) is 9.69 Å². The highest BCUT2D eigenvalue weighted by Gasteiger charge is 2.31. The number of hydrogen-bond donors (Lipinski definition) is 0. The smallest absolute Gasteiger partial charge is 0.178 e. The Bertz CT molecular complexity index is 477. The number of methoxy groups -OCH3 is 1. The Morgan fingerprint density at radius 1 is 1.58 bits per heavy atom. The Hall–Kier alpha value is 0.250. The van der Waals surface area contributed by atoms with Gasteiger partial charge < -0.3 is 4.74 Å². The molecule has 1 unspecified atom stereocenters. The fraction of sp³-hybridized carbons (Fsp3) is 0.615. The Morgan fingerprint density at radius 3 is 2.89 bits per heavy atom. The number of Topliss-reactive ketones (excluding diaryl/α,β-unsaturated/α-hetero) is 1. The number of ether oxygens (including phenoxy) is 1. The van der Waals surface area contributed by atoms with Gasteiger partial charge >= 0.3 is 0 Å². The number of carbonyl (C=O) groups excluding carboxylic acids is 1. The lowest BCUT2D eigenvalue weighted by Crippen LogP contribution is -2.48. The van der Waals surface area contributed by atoms with Crippen molar-refractivity contribution in [2.45, 2.75) is 25.4 Å². The zero-order valence-electron chi connectivity index (χ0n) is 11.0. The SMILES string of the molecule is COC1(C)CCCN(CC(=O)c2cc(Br)sc2Br)C1. The molecule has 0 aliphatic carbocycles. The maximum absolute atomic E-state index is 12.3. The lowest BCUT2D eigenvalue weighted by Gasteiger charge is -2.39. The van der Waals surface area contributed by atoms with Crippen molar-refractivity contribution in [3.8, 4) is 0 Å². The summed E-state index contributed by atoms with van der Waals surface area (Å²) in [5.41, 5.74) is 0.645. The number of ketones is 1. The minimum absolute atomic E-state index is 0.120. The third kappa shape index (κ3) is 3.88. The summed E-state index contributed by atoms with van der Waals surface area (Å²) in [4.78, 5) is 14.5. The maximum Gasteiger partial charge on any atom is 0.178 e. The van der Waals surface area contributed by atoms with Gasteiger partial charge in [0.25, 0.3) is 0 Å². The Balaban J connectivity index is 2.01. The lowest BCUT2D eigenvalue weighted by atomic mass is 9.94. The van der Waals surface area contributed by atoms with E-state index in [-0.39, 0.29) is 11.4 Å². The summed E-state index contributed by atoms with van der Waals surface area (Å²) in [6.07, 6.45) is 2.13. The van der Waals surface area contributed by atoms with Crippen molar-refractivity contribution in [2.24, 2.45) is 0 Å². The van der Waals surface area contributed by atoms with Crippen LogP contribution in [0.5, 0.6) is 0 Å². The van der Waals surface area contributed by atoms with E-state index in [1.807, 2.05) is 6.07 Å². The minimum Gasteiger partial charge on any atom is -0.377 e. The third-order valence-corrected chi connectivity index (χ3v) is 5.89. The summed E-state index contributed by atoms with van der Waals surface area (Å²) in [7, 11) is 1.75. The molecule has 0 aromatic carbocycles. The first-order valence-electron chi connectivity index (χ1n) is 6.19. The molecule has 0 saturated carbocycles. The average molecular weight is 411 g/mol. The zero-order valence-corrected chi connectivity index (χ0v) is 15.0. The van der Waals surface area contributed by atoms with Gasteiger partial charge in [-0.25, -0.2) is 0 Å². The van der Waals surface area contributed by atoms with E-state index in [4.69, 9.17) is 4.74 Å². The number of rotatable bonds is 4. The summed E-state index contributed by atoms with van der Waals surface area (Å²) in [5.74, 6) is 0.161. The van der Waals surface area contributed by atoms with Crippen molar-refractivity contribution in [3.05, 3.63) is 19.2 Å². The number of thiophene rings is 1. The lowest BCUT2D eigenvalue weighted by molar-refractivity contribution is -0.0485. The molecule has 106 valence electrons. The van der Waals surface area contributed by atoms with Crippen LogP contribution < -0.4 is 0 Å². The summed E-state index contributed by atoms with van der Waals surface area (Å²) in [5, 5.41) is 0. The van der Waals surface area contributed by atoms with Crippen LogP contribution in [-0.2, 0) is 4.74 Å². The topological polar surface area (TPSA) is 29.5 Å². The van der Waals surface area contributed by atoms with E-state index < -0.39 is 0 Å². The molecule has 1 atom stereocenters. The second kappa shape index (κ2) is 6.35. The molecule has 1 aromatic rings. The van der Waals surface area contributed by atoms with E-state index in [0.717, 1.165) is 39.1 Å². The van der Waals surface area contributed by atoms with Crippen LogP contribution in [0.1, 0.15) is 30.1 Å². The minimum atomic E-state index is -0.120. The summed E-state index contributed by atoms with van der Waals surface area (Å²) >= 11 is 8.38. The van der Waals surface area contributed by atoms with Crippen LogP contribution in [-0.4, -0.2) is 43.0 Å². The van der Waals surface area contributed by atoms with Crippen molar-refractivity contribution < 1.29 is 9.53 Å². The van der Waals surface area contributed by atoms with Crippen molar-refractivity contribution in [3.63, 3.8) is 0 Å². The average Bonchev–Trinajstić information content (AvgIpc) is 2.69. The summed E-state index contributed by atoms with van der Waals surface area (Å²) in [6, 6.07) is 1.89. The highest BCUT2D eigenvalue weighted by atomic mass is 79.9. The molecule has 1 saturated heterocycles. The first kappa shape index (κ1) is 15.6. The van der Waals surface area contributed by atoms with Crippen LogP contribution in [0.4, 0.5) is 0 Å². The maximum atomic E-state index is 12.3. The number of halogens is 2. The van der Waals surface area contributed by atoms with Crippen molar-refractivity contribution in [1.29, 1.82) is 0 Å². The van der Waals surface area contributed by atoms with Gasteiger partial charge in [0.2, 0.25) is 0 Å². The standard InChI is InChI=1S/C13H17Br2NO2S/c1-13(18-2)4-3-5-16(8-13)7-10(17)9-6-11(14)19-12(9)15/h6H,3-5,7-8H2,1-2H3. The Kier molecular flexibility index (Phi) is 5.22. The van der Waals surface area contributed by atoms with E-state index in [1.54, 1.807) is 7.11 Å². The molecule has 2 rings (SSSR count). The number of nitrogens with zero attached hydrogens (tertiary/aromatic N) is 1. The van der Waals surface area contributed by atoms with Crippen molar-refractivity contribution >= 4 is 49.0 Å². The number of hydrogen-bond acceptors (Lipinski definition) is 4. The van der Waals surface area contributed by atoms with Gasteiger partial charge in [-0.1, -0.05) is 0 Å². The third-order valence-electron chi connectivity index (χ3n) is 3.56. The second-order valence-corrected chi connectivity index (χ2v) is 8.88. The molecular formula is C13H17Br2NO2S. The second-order valence-electron chi connectivity index (χ2n) is 5.13. The van der Waals surface area contributed by atoms with Crippen LogP contribution in [0.25, 0.3) is 0 Å². The van der Waals surface area contributed by atoms with E-state index in [9.17, 15) is 4.79 Å². The fourth-order valence-corrected chi connectivity index (χ4v) is 5.28. The summed E-state index contributed by atoms with van der Waals surface area (Å²) < 4.78 is 7.43. The first-order valence-corrected chi connectivity index (χ1v) is 8.59. The number of carbonyl (C=O) groups is 1. The fourth-order valence-electron chi connectivity index (χ4n) is 2.43. The highest BCUT2D eigenvalue weighted by Crippen LogP contribution is 2.32. The Morgan fingerprint density at radius 2 is 2.32 bits per heavy atom. The van der Waals surface area contributed by atoms with Gasteiger partial charge in [-0.2, -0.15) is 0 Å². The van der Waals surface area contributed by atoms with Crippen LogP contribution >= 0.6 is 43.2 Å². The van der Waals surface area contributed by atoms with Crippen LogP contribution in [0, 0.1) is 0 Å². The largest absolute Gasteiger partial charge is 0.377 e. The molecule has 0 bridgehead atoms. The van der Waals surface area contributed by atoms with Crippen LogP contribution in [0.2, 0.25) is 0 Å². The van der Waals surface area contributed by atoms with E-state index >= 15 is 0 Å². The van der Waals surface area contributed by atoms with Gasteiger partial charge in [0, 0.05) is 19.2 Å². The molecule has 1 aliphatic heterocycles. The predicted octanol–water partition coefficient (Wildman–Crippen LogP) is 3.96. The van der Waals surface area contributed by atoms with Gasteiger partial charge in [0.15, 0.2) is 5.78 Å². The zero-order chi connectivity index (χ0) is 14.0. The molecule has 0 spiro atoms. The molecule has 6 heteroatoms. The van der Waals surface area contributed by atoms with Gasteiger partial charge in [-0.15, -0.1) is 11.3 Å². The molecule has 0 N–H and O–H groups in total. The molecule has 3 nitrogen and oxygen atoms in total. The van der Waals surface area contributed by atoms with Crippen molar-refractivity contribution in [2.75, 3.05) is 26.7 Å². The molecule has 0 amide bonds. The van der Waals surface area contributed by atoms with Crippen molar-refractivity contribution in [1.82, 2.24) is 4.90 Å². The molecule has 1 fully saturated rings. The quantitative estimate of drug-likeness (QED) is 0.703. The van der Waals surface area contributed by atoms with E-state index in [0.29, 0.717) is 6.54 Å². The highest BCUT2D eigenvalue weighted by molar-refractivity contribution is 9.12. The summed E-state index contributed by atoms with van der Waals surface area (Å²) in [6.45, 7) is 4.35. The molecule has 2 heterocycles. The van der Waals surface area contributed by atoms with E-state index in [1.165, 1.54) is 11.3 Å². The number of likely N-dealkylation sites (tertiary alicyclic amines) is 1. The normalized spacial score (nSPS) is 24.6. The van der Waals surface area contributed by atoms with Crippen LogP contribution in [0.15, 0.2) is 13.6 Å². The first-order chi connectivity index (χ1) is 8.93. The van der Waals surface area contributed by atoms with E-state index in [2.05, 4.69) is 43.7 Å². The molecule has 19 heavy (non-hydrogen) atoms. The molecular weight excluding hydrogens is 394 g/mol. The molecule has 1 aromatic heterocycles. The Labute approximate surface area is 134 Å². The predicted molar refractivity (Wildman–Crippen MR) is 85.1 cm³/mol. The monoisotopic (exact) mass is 409 g/mol.